The highest BCUT2D eigenvalue weighted by atomic mass is 16.5. The lowest BCUT2D eigenvalue weighted by molar-refractivity contribution is -0.127. The normalized spacial score (nSPS) is 17.6. The van der Waals surface area contributed by atoms with Crippen LogP contribution in [0, 0.1) is 0 Å². The van der Waals surface area contributed by atoms with Crippen LogP contribution in [-0.2, 0) is 9.53 Å². The molecule has 2 aliphatic rings. The standard InChI is InChI=1S/C14H12O2/c15-11-16-10-13-8-5-4-7-12-6-2-1-3-9-14(12)13/h1-9,11H,10H2. The van der Waals surface area contributed by atoms with Gasteiger partial charge in [-0.1, -0.05) is 54.7 Å². The molecule has 0 spiro atoms. The number of fused-ring (bicyclic) bond motifs is 1. The zero-order valence-corrected chi connectivity index (χ0v) is 8.80. The van der Waals surface area contributed by atoms with Gasteiger partial charge in [0.25, 0.3) is 6.47 Å². The Bertz CT molecular complexity index is 457. The second-order valence-corrected chi connectivity index (χ2v) is 3.43. The van der Waals surface area contributed by atoms with E-state index in [-0.39, 0.29) is 0 Å². The lowest BCUT2D eigenvalue weighted by Gasteiger charge is -2.10. The quantitative estimate of drug-likeness (QED) is 0.672. The van der Waals surface area contributed by atoms with Crippen molar-refractivity contribution in [3.05, 3.63) is 71.4 Å². The van der Waals surface area contributed by atoms with Gasteiger partial charge < -0.3 is 4.74 Å². The van der Waals surface area contributed by atoms with Crippen molar-refractivity contribution in [3.63, 3.8) is 0 Å². The van der Waals surface area contributed by atoms with Crippen molar-refractivity contribution < 1.29 is 9.53 Å². The van der Waals surface area contributed by atoms with Crippen LogP contribution >= 0.6 is 0 Å². The summed E-state index contributed by atoms with van der Waals surface area (Å²) >= 11 is 0. The molecule has 0 saturated heterocycles. The van der Waals surface area contributed by atoms with Crippen molar-refractivity contribution in [3.8, 4) is 0 Å². The van der Waals surface area contributed by atoms with Crippen LogP contribution in [0.25, 0.3) is 0 Å². The summed E-state index contributed by atoms with van der Waals surface area (Å²) in [7, 11) is 0. The van der Waals surface area contributed by atoms with E-state index < -0.39 is 0 Å². The molecule has 0 saturated carbocycles. The first-order valence-corrected chi connectivity index (χ1v) is 5.10. The van der Waals surface area contributed by atoms with E-state index in [4.69, 9.17) is 4.74 Å². The Hall–Kier alpha value is -2.09. The Labute approximate surface area is 94.6 Å². The lowest BCUT2D eigenvalue weighted by atomic mass is 9.98. The summed E-state index contributed by atoms with van der Waals surface area (Å²) in [6.45, 7) is 0.778. The Morgan fingerprint density at radius 2 is 1.81 bits per heavy atom. The van der Waals surface area contributed by atoms with Crippen LogP contribution in [0.2, 0.25) is 0 Å². The number of rotatable bonds is 3. The molecule has 2 aliphatic carbocycles. The largest absolute Gasteiger partial charge is 0.463 e. The van der Waals surface area contributed by atoms with E-state index in [0.717, 1.165) is 16.7 Å². The van der Waals surface area contributed by atoms with Crippen LogP contribution in [0.3, 0.4) is 0 Å². The molecule has 0 aromatic rings. The predicted molar refractivity (Wildman–Crippen MR) is 63.7 cm³/mol. The van der Waals surface area contributed by atoms with Gasteiger partial charge in [0.1, 0.15) is 6.61 Å². The van der Waals surface area contributed by atoms with Gasteiger partial charge in [-0.15, -0.1) is 0 Å². The van der Waals surface area contributed by atoms with Crippen molar-refractivity contribution >= 4 is 6.47 Å². The summed E-state index contributed by atoms with van der Waals surface area (Å²) in [6.07, 6.45) is 17.9. The van der Waals surface area contributed by atoms with Crippen LogP contribution in [0.1, 0.15) is 0 Å². The molecule has 0 radical (unpaired) electrons. The van der Waals surface area contributed by atoms with Gasteiger partial charge in [-0.3, -0.25) is 4.79 Å². The molecule has 0 N–H and O–H groups in total. The molecule has 2 nitrogen and oxygen atoms in total. The van der Waals surface area contributed by atoms with Gasteiger partial charge in [-0.2, -0.15) is 0 Å². The van der Waals surface area contributed by atoms with E-state index in [2.05, 4.69) is 0 Å². The highest BCUT2D eigenvalue weighted by molar-refractivity contribution is 5.59. The van der Waals surface area contributed by atoms with Gasteiger partial charge in [0.05, 0.1) is 0 Å². The first-order chi connectivity index (χ1) is 7.92. The number of carbonyl (C=O) groups excluding carboxylic acids is 1. The first-order valence-electron chi connectivity index (χ1n) is 5.10. The van der Waals surface area contributed by atoms with Crippen LogP contribution in [0.15, 0.2) is 71.4 Å². The third kappa shape index (κ3) is 2.28. The topological polar surface area (TPSA) is 26.3 Å². The van der Waals surface area contributed by atoms with Crippen molar-refractivity contribution in [1.29, 1.82) is 0 Å². The lowest BCUT2D eigenvalue weighted by Crippen LogP contribution is -2.00. The third-order valence-electron chi connectivity index (χ3n) is 2.41. The van der Waals surface area contributed by atoms with Gasteiger partial charge >= 0.3 is 0 Å². The maximum Gasteiger partial charge on any atom is 0.293 e. The highest BCUT2D eigenvalue weighted by Crippen LogP contribution is 2.25. The number of carbonyl (C=O) groups is 1. The zero-order chi connectivity index (χ0) is 11.2. The maximum absolute atomic E-state index is 10.2. The van der Waals surface area contributed by atoms with Gasteiger partial charge in [0.15, 0.2) is 0 Å². The van der Waals surface area contributed by atoms with Crippen LogP contribution in [0.5, 0.6) is 0 Å². The molecular formula is C14H12O2. The smallest absolute Gasteiger partial charge is 0.293 e. The maximum atomic E-state index is 10.2. The Kier molecular flexibility index (Phi) is 3.34. The molecule has 0 bridgehead atoms. The van der Waals surface area contributed by atoms with Gasteiger partial charge in [-0.05, 0) is 16.7 Å². The second kappa shape index (κ2) is 5.12. The molecule has 0 fully saturated rings. The number of hydrogen-bond acceptors (Lipinski definition) is 2. The van der Waals surface area contributed by atoms with E-state index in [1.54, 1.807) is 0 Å². The van der Waals surface area contributed by atoms with Crippen molar-refractivity contribution in [2.75, 3.05) is 6.61 Å². The molecule has 0 atom stereocenters. The van der Waals surface area contributed by atoms with E-state index >= 15 is 0 Å². The third-order valence-corrected chi connectivity index (χ3v) is 2.41. The summed E-state index contributed by atoms with van der Waals surface area (Å²) in [5, 5.41) is 0. The van der Waals surface area contributed by atoms with E-state index in [1.807, 2.05) is 54.7 Å². The predicted octanol–water partition coefficient (Wildman–Crippen LogP) is 2.63. The fourth-order valence-electron chi connectivity index (χ4n) is 1.67. The molecule has 2 rings (SSSR count). The molecule has 0 heterocycles. The van der Waals surface area contributed by atoms with E-state index in [1.165, 1.54) is 0 Å². The van der Waals surface area contributed by atoms with Crippen LogP contribution in [0.4, 0.5) is 0 Å². The summed E-state index contributed by atoms with van der Waals surface area (Å²) < 4.78 is 4.82. The van der Waals surface area contributed by atoms with Crippen molar-refractivity contribution in [2.24, 2.45) is 0 Å². The first kappa shape index (κ1) is 10.4. The minimum absolute atomic E-state index is 0.304. The molecule has 0 amide bonds. The molecular weight excluding hydrogens is 200 g/mol. The fourth-order valence-corrected chi connectivity index (χ4v) is 1.67. The minimum atomic E-state index is 0.304. The highest BCUT2D eigenvalue weighted by Gasteiger charge is 2.10. The summed E-state index contributed by atoms with van der Waals surface area (Å²) in [5.41, 5.74) is 3.22. The van der Waals surface area contributed by atoms with E-state index in [9.17, 15) is 4.79 Å². The molecule has 2 heteroatoms. The number of ether oxygens (including phenoxy) is 1. The average molecular weight is 212 g/mol. The molecule has 0 unspecified atom stereocenters. The summed E-state index contributed by atoms with van der Waals surface area (Å²) in [5.74, 6) is 0. The molecule has 0 aliphatic heterocycles. The molecule has 0 aromatic heterocycles. The van der Waals surface area contributed by atoms with Crippen molar-refractivity contribution in [1.82, 2.24) is 0 Å². The SMILES string of the molecule is O=COCC1=CC=CC=C2C=CC=CC=C21. The average Bonchev–Trinajstić information content (AvgIpc) is 2.62. The molecule has 80 valence electrons. The van der Waals surface area contributed by atoms with Gasteiger partial charge in [0, 0.05) is 0 Å². The fraction of sp³-hybridized carbons (Fsp3) is 0.0714. The zero-order valence-electron chi connectivity index (χ0n) is 8.80. The summed E-state index contributed by atoms with van der Waals surface area (Å²) in [6, 6.07) is 0. The summed E-state index contributed by atoms with van der Waals surface area (Å²) in [4.78, 5) is 10.2. The van der Waals surface area contributed by atoms with Gasteiger partial charge in [-0.25, -0.2) is 0 Å². The monoisotopic (exact) mass is 212 g/mol. The van der Waals surface area contributed by atoms with Crippen LogP contribution in [-0.4, -0.2) is 13.1 Å². The number of allylic oxidation sites excluding steroid dienone is 10. The number of hydrogen-bond donors (Lipinski definition) is 0. The Morgan fingerprint density at radius 3 is 2.69 bits per heavy atom. The molecule has 0 aromatic carbocycles. The van der Waals surface area contributed by atoms with Crippen molar-refractivity contribution in [2.45, 2.75) is 0 Å². The van der Waals surface area contributed by atoms with Gasteiger partial charge in [0.2, 0.25) is 0 Å². The second-order valence-electron chi connectivity index (χ2n) is 3.43. The Morgan fingerprint density at radius 1 is 1.00 bits per heavy atom. The molecule has 16 heavy (non-hydrogen) atoms. The Balaban J connectivity index is 2.34. The van der Waals surface area contributed by atoms with Crippen LogP contribution < -0.4 is 0 Å². The van der Waals surface area contributed by atoms with E-state index in [0.29, 0.717) is 13.1 Å². The minimum Gasteiger partial charge on any atom is -0.463 e.